The van der Waals surface area contributed by atoms with Crippen LogP contribution >= 0.6 is 46.6 Å². The Bertz CT molecular complexity index is 5420. The van der Waals surface area contributed by atoms with E-state index in [-0.39, 0.29) is 23.3 Å². The summed E-state index contributed by atoms with van der Waals surface area (Å²) in [5.74, 6) is 2.42. The van der Waals surface area contributed by atoms with Gasteiger partial charge in [0.15, 0.2) is 11.6 Å². The molecule has 6 aromatic heterocycles. The molecule has 3 atom stereocenters. The van der Waals surface area contributed by atoms with Crippen LogP contribution in [-0.4, -0.2) is 98.6 Å². The third-order valence-electron chi connectivity index (χ3n) is 21.7. The van der Waals surface area contributed by atoms with Crippen LogP contribution in [-0.2, 0) is 70.2 Å². The summed E-state index contributed by atoms with van der Waals surface area (Å²) in [6.45, 7) is 20.9. The quantitative estimate of drug-likeness (QED) is 0.0638. The third kappa shape index (κ3) is 15.2. The lowest BCUT2D eigenvalue weighted by Gasteiger charge is -2.27. The molecule has 20 heteroatoms. The highest BCUT2D eigenvalue weighted by molar-refractivity contribution is 7.99. The molecular weight excluding hydrogens is 1420 g/mol. The maximum atomic E-state index is 13.8. The summed E-state index contributed by atoms with van der Waals surface area (Å²) in [5.41, 5.74) is 59.2. The number of hydrogen-bond acceptors (Lipinski definition) is 11. The molecule has 12 N–H and O–H groups in total. The summed E-state index contributed by atoms with van der Waals surface area (Å²) in [6.07, 6.45) is 18.3. The molecule has 2 aliphatic carbocycles. The molecule has 13 aromatic rings. The molecule has 10 heterocycles. The minimum atomic E-state index is -0.287. The summed E-state index contributed by atoms with van der Waals surface area (Å²) in [4.78, 5) is 8.06. The van der Waals surface area contributed by atoms with E-state index in [2.05, 4.69) is 176 Å². The molecule has 0 fully saturated rings. The smallest absolute Gasteiger partial charge is 0.165 e. The molecule has 4 aliphatic heterocycles. The van der Waals surface area contributed by atoms with Crippen molar-refractivity contribution in [2.24, 2.45) is 34.4 Å². The number of methoxy groups -OCH3 is 1. The number of aromatic nitrogens is 6. The first-order chi connectivity index (χ1) is 51.8. The highest BCUT2D eigenvalue weighted by Gasteiger charge is 2.38. The molecule has 15 nitrogen and oxygen atoms in total. The number of hydrogen-bond donors (Lipinski definition) is 6. The standard InChI is InChI=1S/C17H16Cl2N2O.C17H22N2.C14H17FN2O.C14H15N3.C13H16N2.C12H13ClN2S/c18-12-1-2-13(15(19)7-12)10-5-14-11(8-20)9-21-3-4-22-16(6-10)17(14)21;1-11-5-6-14-13(9-11)16-15(17(14,3)4)7-8-19(16)10-12(2)18;1-18-14-8-13-10(7-11(14)15)9-3-2-4-12(9)17(13)6-5-16;1-10(15)9-17-8-6-11-4-5-13-12(14(11)17)3-2-7-16-13;14-7-6-11-9-15-8-2-4-10-3-1-5-12(11)13(10)15;13-9-5-10-8(1-2-14)7-15-3-4-16-11(6-9)12(10)15/h1-2,5-7,11H,3-4,8-9,20H2;5-9,12H,10,18H2,1-4H3;7-8H,2-6,16H2,1H3;2-8,10H,9,15H2,1H3;1,3,5,9H,2,4,6-8,14H2;5-7H,1-4,14H2/t;12-;;10-;;/m.0.1../s1. The Labute approximate surface area is 646 Å². The number of rotatable bonds is 13. The number of ether oxygens (including phenoxy) is 2. The lowest BCUT2D eigenvalue weighted by molar-refractivity contribution is 0.310. The zero-order chi connectivity index (χ0) is 74.9. The summed E-state index contributed by atoms with van der Waals surface area (Å²) in [7, 11) is 1.49. The largest absolute Gasteiger partial charge is 0.494 e. The Balaban J connectivity index is 0.000000108. The highest BCUT2D eigenvalue weighted by Crippen LogP contribution is 2.51. The van der Waals surface area contributed by atoms with E-state index in [4.69, 9.17) is 78.7 Å². The van der Waals surface area contributed by atoms with Crippen LogP contribution in [0.1, 0.15) is 96.7 Å². The lowest BCUT2D eigenvalue weighted by Crippen LogP contribution is -2.31. The fraction of sp³-hybridized carbons (Fsp3) is 0.345. The molecule has 0 amide bonds. The minimum absolute atomic E-state index is 0.0987. The predicted octanol–water partition coefficient (Wildman–Crippen LogP) is 17.1. The normalized spacial score (nSPS) is 15.7. The maximum Gasteiger partial charge on any atom is 0.165 e. The van der Waals surface area contributed by atoms with Crippen molar-refractivity contribution in [3.05, 3.63) is 229 Å². The van der Waals surface area contributed by atoms with Gasteiger partial charge in [-0.3, -0.25) is 4.98 Å². The first kappa shape index (κ1) is 75.5. The van der Waals surface area contributed by atoms with Crippen LogP contribution in [0, 0.1) is 12.7 Å². The van der Waals surface area contributed by atoms with Gasteiger partial charge in [-0.15, -0.1) is 11.8 Å². The molecule has 19 rings (SSSR count). The highest BCUT2D eigenvalue weighted by atomic mass is 35.5. The monoisotopic (exact) mass is 1510 g/mol. The lowest BCUT2D eigenvalue weighted by atomic mass is 9.83. The average molecular weight is 1520 g/mol. The number of benzene rings is 7. The number of fused-ring (bicyclic) bond motifs is 9. The van der Waals surface area contributed by atoms with Gasteiger partial charge in [0, 0.05) is 182 Å². The zero-order valence-corrected chi connectivity index (χ0v) is 65.3. The van der Waals surface area contributed by atoms with Crippen LogP contribution in [0.2, 0.25) is 15.1 Å². The number of aryl methyl sites for hydroxylation is 5. The number of anilines is 1. The minimum Gasteiger partial charge on any atom is -0.494 e. The Hall–Kier alpha value is -8.30. The molecule has 0 radical (unpaired) electrons. The van der Waals surface area contributed by atoms with Gasteiger partial charge in [-0.2, -0.15) is 0 Å². The van der Waals surface area contributed by atoms with E-state index in [1.165, 1.54) is 130 Å². The van der Waals surface area contributed by atoms with Crippen molar-refractivity contribution in [1.82, 2.24) is 27.8 Å². The average Bonchev–Trinajstić information content (AvgIpc) is 1.53. The summed E-state index contributed by atoms with van der Waals surface area (Å²) in [6, 6.07) is 43.8. The van der Waals surface area contributed by atoms with Gasteiger partial charge in [0.05, 0.1) is 52.6 Å². The Kier molecular flexibility index (Phi) is 22.9. The summed E-state index contributed by atoms with van der Waals surface area (Å²) < 4.78 is 36.3. The van der Waals surface area contributed by atoms with E-state index in [1.807, 2.05) is 43.1 Å². The molecule has 558 valence electrons. The molecular formula is C87H99Cl3FN13O2S. The van der Waals surface area contributed by atoms with Crippen LogP contribution in [0.25, 0.3) is 76.9 Å². The first-order valence-corrected chi connectivity index (χ1v) is 39.8. The van der Waals surface area contributed by atoms with Gasteiger partial charge < -0.3 is 71.6 Å². The molecule has 0 saturated heterocycles. The van der Waals surface area contributed by atoms with Crippen molar-refractivity contribution in [2.75, 3.05) is 63.6 Å². The maximum absolute atomic E-state index is 13.8. The Morgan fingerprint density at radius 1 is 0.692 bits per heavy atom. The van der Waals surface area contributed by atoms with Gasteiger partial charge in [-0.1, -0.05) is 96.7 Å². The van der Waals surface area contributed by atoms with Crippen molar-refractivity contribution >= 4 is 107 Å². The van der Waals surface area contributed by atoms with Crippen molar-refractivity contribution in [3.8, 4) is 33.9 Å². The van der Waals surface area contributed by atoms with Crippen LogP contribution < -0.4 is 48.8 Å². The molecule has 6 aliphatic rings. The molecule has 1 unspecified atom stereocenters. The molecule has 0 bridgehead atoms. The molecule has 107 heavy (non-hydrogen) atoms. The van der Waals surface area contributed by atoms with Gasteiger partial charge in [-0.05, 0) is 202 Å². The second-order valence-corrected chi connectivity index (χ2v) is 32.1. The molecule has 0 spiro atoms. The van der Waals surface area contributed by atoms with Crippen molar-refractivity contribution < 1.29 is 13.9 Å². The van der Waals surface area contributed by atoms with Crippen LogP contribution in [0.15, 0.2) is 163 Å². The van der Waals surface area contributed by atoms with Gasteiger partial charge in [0.25, 0.3) is 0 Å². The van der Waals surface area contributed by atoms with E-state index in [0.29, 0.717) is 48.0 Å². The number of para-hydroxylation sites is 1. The fourth-order valence-electron chi connectivity index (χ4n) is 17.0. The van der Waals surface area contributed by atoms with Crippen molar-refractivity contribution in [1.29, 1.82) is 0 Å². The predicted molar refractivity (Wildman–Crippen MR) is 446 cm³/mol. The van der Waals surface area contributed by atoms with E-state index >= 15 is 0 Å². The van der Waals surface area contributed by atoms with Crippen molar-refractivity contribution in [3.63, 3.8) is 0 Å². The van der Waals surface area contributed by atoms with Gasteiger partial charge in [-0.25, -0.2) is 4.39 Å². The fourth-order valence-corrected chi connectivity index (χ4v) is 18.9. The summed E-state index contributed by atoms with van der Waals surface area (Å²) >= 11 is 20.4. The zero-order valence-electron chi connectivity index (χ0n) is 62.2. The van der Waals surface area contributed by atoms with E-state index in [1.54, 1.807) is 18.2 Å². The van der Waals surface area contributed by atoms with Gasteiger partial charge in [0.2, 0.25) is 0 Å². The number of thioether (sulfide) groups is 1. The second kappa shape index (κ2) is 32.5. The SMILES string of the molecule is COc1cc2c(cc1F)c1c(n2CCN)CCC1.C[C@@H](N)Cn1ccc2ccc3ncccc3c21.Cc1ccc2c(c1)-c1c(ccn1C[C@H](C)N)C2(C)C.NCC1CN2CCOc3cc(-c4ccc(Cl)cc4Cl)cc1c32.NCCc1cn2c3c(cc(Cl)cc13)SCC2.NCCc1cn2c3c(cccc13)CCC2. The van der Waals surface area contributed by atoms with Crippen LogP contribution in [0.4, 0.5) is 10.1 Å². The van der Waals surface area contributed by atoms with Crippen LogP contribution in [0.3, 0.4) is 0 Å². The summed E-state index contributed by atoms with van der Waals surface area (Å²) in [5, 5.41) is 8.26. The molecule has 7 aromatic carbocycles. The number of nitrogens with two attached hydrogens (primary N) is 6. The van der Waals surface area contributed by atoms with E-state index < -0.39 is 0 Å². The number of halogens is 4. The number of pyridine rings is 1. The van der Waals surface area contributed by atoms with Crippen molar-refractivity contribution in [2.45, 2.75) is 141 Å². The van der Waals surface area contributed by atoms with E-state index in [0.717, 1.165) is 129 Å². The Morgan fingerprint density at radius 2 is 1.46 bits per heavy atom. The van der Waals surface area contributed by atoms with Gasteiger partial charge >= 0.3 is 0 Å². The topological polar surface area (TPSA) is 215 Å². The van der Waals surface area contributed by atoms with E-state index in [9.17, 15) is 4.39 Å². The third-order valence-corrected chi connectivity index (χ3v) is 23.5. The first-order valence-electron chi connectivity index (χ1n) is 37.7. The van der Waals surface area contributed by atoms with Crippen LogP contribution in [0.5, 0.6) is 11.5 Å². The second-order valence-electron chi connectivity index (χ2n) is 29.7. The molecule has 0 saturated carbocycles. The number of nitrogens with zero attached hydrogens (tertiary/aromatic N) is 7. The Morgan fingerprint density at radius 3 is 2.21 bits per heavy atom. The van der Waals surface area contributed by atoms with Gasteiger partial charge in [0.1, 0.15) is 12.4 Å².